The highest BCUT2D eigenvalue weighted by Crippen LogP contribution is 2.26. The van der Waals surface area contributed by atoms with Crippen LogP contribution in [0.5, 0.6) is 0 Å². The predicted octanol–water partition coefficient (Wildman–Crippen LogP) is 3.75. The highest BCUT2D eigenvalue weighted by molar-refractivity contribution is 7.16. The SMILES string of the molecule is CCCNc1nc(CN2CCC(CC)C2)nc2sccc12. The van der Waals surface area contributed by atoms with Gasteiger partial charge in [-0.05, 0) is 36.8 Å². The highest BCUT2D eigenvalue weighted by Gasteiger charge is 2.22. The molecule has 3 rings (SSSR count). The molecule has 2 aromatic rings. The first-order valence-electron chi connectivity index (χ1n) is 8.00. The Bertz CT molecular complexity index is 595. The fourth-order valence-corrected chi connectivity index (χ4v) is 3.72. The zero-order valence-electron chi connectivity index (χ0n) is 12.9. The molecule has 0 bridgehead atoms. The van der Waals surface area contributed by atoms with Crippen molar-refractivity contribution in [2.45, 2.75) is 39.7 Å². The second-order valence-electron chi connectivity index (χ2n) is 5.85. The first-order valence-corrected chi connectivity index (χ1v) is 8.88. The van der Waals surface area contributed by atoms with Gasteiger partial charge in [0.2, 0.25) is 0 Å². The molecule has 1 aliphatic rings. The van der Waals surface area contributed by atoms with Gasteiger partial charge in [0.25, 0.3) is 0 Å². The van der Waals surface area contributed by atoms with Crippen LogP contribution in [0.15, 0.2) is 11.4 Å². The summed E-state index contributed by atoms with van der Waals surface area (Å²) in [7, 11) is 0. The van der Waals surface area contributed by atoms with Gasteiger partial charge in [0.05, 0.1) is 11.9 Å². The molecule has 1 fully saturated rings. The molecule has 0 spiro atoms. The maximum Gasteiger partial charge on any atom is 0.146 e. The number of rotatable bonds is 6. The Morgan fingerprint density at radius 2 is 2.29 bits per heavy atom. The second-order valence-corrected chi connectivity index (χ2v) is 6.75. The Labute approximate surface area is 130 Å². The topological polar surface area (TPSA) is 41.1 Å². The summed E-state index contributed by atoms with van der Waals surface area (Å²) in [5.41, 5.74) is 0. The lowest BCUT2D eigenvalue weighted by Gasteiger charge is -2.15. The second kappa shape index (κ2) is 6.71. The highest BCUT2D eigenvalue weighted by atomic mass is 32.1. The Morgan fingerprint density at radius 1 is 1.38 bits per heavy atom. The van der Waals surface area contributed by atoms with Crippen molar-refractivity contribution in [1.82, 2.24) is 14.9 Å². The largest absolute Gasteiger partial charge is 0.369 e. The Hall–Kier alpha value is -1.20. The molecule has 0 saturated carbocycles. The molecular formula is C16H24N4S. The van der Waals surface area contributed by atoms with Crippen LogP contribution in [0.3, 0.4) is 0 Å². The van der Waals surface area contributed by atoms with Gasteiger partial charge < -0.3 is 5.32 Å². The van der Waals surface area contributed by atoms with Crippen LogP contribution < -0.4 is 5.32 Å². The number of aromatic nitrogens is 2. The van der Waals surface area contributed by atoms with Gasteiger partial charge in [-0.15, -0.1) is 11.3 Å². The Morgan fingerprint density at radius 3 is 3.05 bits per heavy atom. The fraction of sp³-hybridized carbons (Fsp3) is 0.625. The fourth-order valence-electron chi connectivity index (χ4n) is 2.94. The van der Waals surface area contributed by atoms with Crippen molar-refractivity contribution >= 4 is 27.4 Å². The van der Waals surface area contributed by atoms with Crippen molar-refractivity contribution in [3.63, 3.8) is 0 Å². The number of hydrogen-bond donors (Lipinski definition) is 1. The summed E-state index contributed by atoms with van der Waals surface area (Å²) in [4.78, 5) is 13.1. The number of thiophene rings is 1. The molecule has 0 amide bonds. The van der Waals surface area contributed by atoms with Gasteiger partial charge in [0.1, 0.15) is 16.5 Å². The molecule has 1 unspecified atom stereocenters. The molecule has 21 heavy (non-hydrogen) atoms. The van der Waals surface area contributed by atoms with E-state index in [1.165, 1.54) is 25.9 Å². The van der Waals surface area contributed by atoms with Crippen LogP contribution in [0.25, 0.3) is 10.2 Å². The van der Waals surface area contributed by atoms with E-state index in [1.54, 1.807) is 11.3 Å². The van der Waals surface area contributed by atoms with E-state index in [1.807, 2.05) is 0 Å². The summed E-state index contributed by atoms with van der Waals surface area (Å²) in [6.07, 6.45) is 3.71. The Balaban J connectivity index is 1.78. The lowest BCUT2D eigenvalue weighted by molar-refractivity contribution is 0.308. The van der Waals surface area contributed by atoms with Crippen LogP contribution in [0.2, 0.25) is 0 Å². The number of nitrogens with zero attached hydrogens (tertiary/aromatic N) is 3. The van der Waals surface area contributed by atoms with Gasteiger partial charge in [0, 0.05) is 13.1 Å². The minimum atomic E-state index is 0.855. The number of fused-ring (bicyclic) bond motifs is 1. The summed E-state index contributed by atoms with van der Waals surface area (Å²) >= 11 is 1.70. The lowest BCUT2D eigenvalue weighted by Crippen LogP contribution is -2.21. The number of hydrogen-bond acceptors (Lipinski definition) is 5. The smallest absolute Gasteiger partial charge is 0.146 e. The van der Waals surface area contributed by atoms with Gasteiger partial charge in [-0.1, -0.05) is 20.3 Å². The molecule has 4 nitrogen and oxygen atoms in total. The summed E-state index contributed by atoms with van der Waals surface area (Å²) in [5, 5.41) is 6.70. The lowest BCUT2D eigenvalue weighted by atomic mass is 10.1. The van der Waals surface area contributed by atoms with E-state index in [0.29, 0.717) is 0 Å². The van der Waals surface area contributed by atoms with Crippen LogP contribution in [0, 0.1) is 5.92 Å². The molecule has 0 radical (unpaired) electrons. The molecule has 1 atom stereocenters. The van der Waals surface area contributed by atoms with E-state index in [0.717, 1.165) is 47.3 Å². The van der Waals surface area contributed by atoms with Crippen LogP contribution in [0.4, 0.5) is 5.82 Å². The van der Waals surface area contributed by atoms with Crippen molar-refractivity contribution in [2.24, 2.45) is 5.92 Å². The van der Waals surface area contributed by atoms with E-state index in [4.69, 9.17) is 9.97 Å². The third kappa shape index (κ3) is 3.35. The van der Waals surface area contributed by atoms with Crippen molar-refractivity contribution in [2.75, 3.05) is 25.0 Å². The van der Waals surface area contributed by atoms with Gasteiger partial charge in [-0.25, -0.2) is 9.97 Å². The van der Waals surface area contributed by atoms with E-state index in [9.17, 15) is 0 Å². The van der Waals surface area contributed by atoms with Crippen LogP contribution in [-0.2, 0) is 6.54 Å². The van der Waals surface area contributed by atoms with Gasteiger partial charge >= 0.3 is 0 Å². The van der Waals surface area contributed by atoms with Crippen LogP contribution >= 0.6 is 11.3 Å². The zero-order chi connectivity index (χ0) is 14.7. The number of likely N-dealkylation sites (tertiary alicyclic amines) is 1. The standard InChI is InChI=1S/C16H24N4S/c1-3-7-17-15-13-6-9-21-16(13)19-14(18-15)11-20-8-5-12(4-2)10-20/h6,9,12H,3-5,7-8,10-11H2,1-2H3,(H,17,18,19). The van der Waals surface area contributed by atoms with E-state index in [2.05, 4.69) is 35.5 Å². The normalized spacial score (nSPS) is 19.4. The molecule has 114 valence electrons. The Kier molecular flexibility index (Phi) is 4.70. The number of nitrogens with one attached hydrogen (secondary N) is 1. The monoisotopic (exact) mass is 304 g/mol. The predicted molar refractivity (Wildman–Crippen MR) is 89.9 cm³/mol. The maximum absolute atomic E-state index is 4.77. The molecule has 3 heterocycles. The molecule has 0 aliphatic carbocycles. The molecule has 5 heteroatoms. The summed E-state index contributed by atoms with van der Waals surface area (Å²) in [6, 6.07) is 2.12. The van der Waals surface area contributed by atoms with E-state index >= 15 is 0 Å². The van der Waals surface area contributed by atoms with Gasteiger partial charge in [0.15, 0.2) is 0 Å². The molecule has 1 saturated heterocycles. The quantitative estimate of drug-likeness (QED) is 0.882. The third-order valence-electron chi connectivity index (χ3n) is 4.23. The first kappa shape index (κ1) is 14.7. The summed E-state index contributed by atoms with van der Waals surface area (Å²) in [5.74, 6) is 2.82. The average molecular weight is 304 g/mol. The van der Waals surface area contributed by atoms with E-state index < -0.39 is 0 Å². The molecular weight excluding hydrogens is 280 g/mol. The third-order valence-corrected chi connectivity index (χ3v) is 5.03. The summed E-state index contributed by atoms with van der Waals surface area (Å²) < 4.78 is 0. The van der Waals surface area contributed by atoms with Crippen molar-refractivity contribution in [1.29, 1.82) is 0 Å². The molecule has 2 aromatic heterocycles. The molecule has 0 aromatic carbocycles. The van der Waals surface area contributed by atoms with Crippen LogP contribution in [-0.4, -0.2) is 34.5 Å². The summed E-state index contributed by atoms with van der Waals surface area (Å²) in [6.45, 7) is 8.68. The van der Waals surface area contributed by atoms with Crippen molar-refractivity contribution < 1.29 is 0 Å². The van der Waals surface area contributed by atoms with Gasteiger partial charge in [-0.3, -0.25) is 4.90 Å². The zero-order valence-corrected chi connectivity index (χ0v) is 13.7. The average Bonchev–Trinajstić information content (AvgIpc) is 3.13. The molecule has 1 aliphatic heterocycles. The van der Waals surface area contributed by atoms with E-state index in [-0.39, 0.29) is 0 Å². The van der Waals surface area contributed by atoms with Crippen molar-refractivity contribution in [3.05, 3.63) is 17.3 Å². The number of anilines is 1. The minimum Gasteiger partial charge on any atom is -0.369 e. The van der Waals surface area contributed by atoms with Crippen molar-refractivity contribution in [3.8, 4) is 0 Å². The maximum atomic E-state index is 4.77. The first-order chi connectivity index (χ1) is 10.3. The van der Waals surface area contributed by atoms with Crippen LogP contribution in [0.1, 0.15) is 38.9 Å². The minimum absolute atomic E-state index is 0.855. The van der Waals surface area contributed by atoms with Gasteiger partial charge in [-0.2, -0.15) is 0 Å². The molecule has 1 N–H and O–H groups in total.